The number of para-hydroxylation sites is 3. The van der Waals surface area contributed by atoms with Gasteiger partial charge in [-0.2, -0.15) is 0 Å². The van der Waals surface area contributed by atoms with Crippen molar-refractivity contribution in [2.24, 2.45) is 0 Å². The Morgan fingerprint density at radius 3 is 2.23 bits per heavy atom. The van der Waals surface area contributed by atoms with Gasteiger partial charge in [0.2, 0.25) is 0 Å². The standard InChI is InChI=1S/C26H21NO4/c1-30-25-12-6-5-11-23(25)27-17-7-10-22(26(27)29)24(28)18-19-13-15-21(16-14-19)31-20-8-3-2-4-9-20/h2-17H,18H2,1H3. The molecule has 0 amide bonds. The summed E-state index contributed by atoms with van der Waals surface area (Å²) in [6, 6.07) is 27.2. The second-order valence-corrected chi connectivity index (χ2v) is 6.93. The number of aromatic nitrogens is 1. The van der Waals surface area contributed by atoms with Crippen molar-refractivity contribution in [2.75, 3.05) is 7.11 Å². The number of ketones is 1. The Bertz CT molecular complexity index is 1240. The first-order chi connectivity index (χ1) is 15.2. The summed E-state index contributed by atoms with van der Waals surface area (Å²) in [5.41, 5.74) is 1.16. The van der Waals surface area contributed by atoms with Gasteiger partial charge in [0.25, 0.3) is 5.56 Å². The zero-order chi connectivity index (χ0) is 21.6. The van der Waals surface area contributed by atoms with Gasteiger partial charge in [-0.15, -0.1) is 0 Å². The molecule has 0 saturated heterocycles. The van der Waals surface area contributed by atoms with Crippen LogP contribution in [0, 0.1) is 0 Å². The molecule has 0 fully saturated rings. The fraction of sp³-hybridized carbons (Fsp3) is 0.0769. The number of methoxy groups -OCH3 is 1. The van der Waals surface area contributed by atoms with Crippen molar-refractivity contribution in [3.63, 3.8) is 0 Å². The average Bonchev–Trinajstić information content (AvgIpc) is 2.81. The van der Waals surface area contributed by atoms with Gasteiger partial charge in [0.05, 0.1) is 18.4 Å². The summed E-state index contributed by atoms with van der Waals surface area (Å²) in [5.74, 6) is 1.74. The summed E-state index contributed by atoms with van der Waals surface area (Å²) in [6.45, 7) is 0. The molecule has 0 aliphatic heterocycles. The molecule has 0 spiro atoms. The molecule has 0 radical (unpaired) electrons. The number of benzene rings is 3. The van der Waals surface area contributed by atoms with E-state index in [1.54, 1.807) is 37.6 Å². The highest BCUT2D eigenvalue weighted by Crippen LogP contribution is 2.22. The second kappa shape index (κ2) is 9.13. The van der Waals surface area contributed by atoms with E-state index >= 15 is 0 Å². The van der Waals surface area contributed by atoms with Gasteiger partial charge in [0.15, 0.2) is 5.78 Å². The van der Waals surface area contributed by atoms with Crippen LogP contribution in [-0.4, -0.2) is 17.5 Å². The Morgan fingerprint density at radius 2 is 1.48 bits per heavy atom. The molecule has 0 aliphatic carbocycles. The summed E-state index contributed by atoms with van der Waals surface area (Å²) in [4.78, 5) is 25.9. The van der Waals surface area contributed by atoms with Crippen molar-refractivity contribution in [2.45, 2.75) is 6.42 Å². The van der Waals surface area contributed by atoms with E-state index in [2.05, 4.69) is 0 Å². The van der Waals surface area contributed by atoms with Crippen LogP contribution in [0.25, 0.3) is 5.69 Å². The van der Waals surface area contributed by atoms with Crippen molar-refractivity contribution in [3.8, 4) is 22.9 Å². The van der Waals surface area contributed by atoms with Gasteiger partial charge in [-0.05, 0) is 54.1 Å². The van der Waals surface area contributed by atoms with Crippen molar-refractivity contribution in [3.05, 3.63) is 119 Å². The normalized spacial score (nSPS) is 10.5. The zero-order valence-corrected chi connectivity index (χ0v) is 17.0. The van der Waals surface area contributed by atoms with Gasteiger partial charge in [0, 0.05) is 12.6 Å². The Hall–Kier alpha value is -4.12. The number of hydrogen-bond donors (Lipinski definition) is 0. The highest BCUT2D eigenvalue weighted by atomic mass is 16.5. The summed E-state index contributed by atoms with van der Waals surface area (Å²) in [7, 11) is 1.55. The van der Waals surface area contributed by atoms with Gasteiger partial charge in [-0.25, -0.2) is 0 Å². The molecule has 1 heterocycles. The summed E-state index contributed by atoms with van der Waals surface area (Å²) in [6.07, 6.45) is 1.75. The minimum absolute atomic E-state index is 0.122. The molecule has 0 bridgehead atoms. The van der Waals surface area contributed by atoms with E-state index in [1.165, 1.54) is 4.57 Å². The average molecular weight is 411 g/mol. The van der Waals surface area contributed by atoms with Gasteiger partial charge in [-0.1, -0.05) is 42.5 Å². The van der Waals surface area contributed by atoms with E-state index in [1.807, 2.05) is 66.7 Å². The Balaban J connectivity index is 1.53. The summed E-state index contributed by atoms with van der Waals surface area (Å²) < 4.78 is 12.6. The third-order valence-electron chi connectivity index (χ3n) is 4.86. The van der Waals surface area contributed by atoms with Crippen LogP contribution in [-0.2, 0) is 6.42 Å². The molecular weight excluding hydrogens is 390 g/mol. The smallest absolute Gasteiger partial charge is 0.266 e. The third-order valence-corrected chi connectivity index (χ3v) is 4.86. The fourth-order valence-corrected chi connectivity index (χ4v) is 3.31. The number of carbonyl (C=O) groups is 1. The lowest BCUT2D eigenvalue weighted by atomic mass is 10.0. The van der Waals surface area contributed by atoms with Crippen LogP contribution in [0.5, 0.6) is 17.2 Å². The minimum atomic E-state index is -0.374. The largest absolute Gasteiger partial charge is 0.495 e. The Morgan fingerprint density at radius 1 is 0.806 bits per heavy atom. The molecular formula is C26H21NO4. The van der Waals surface area contributed by atoms with E-state index < -0.39 is 0 Å². The van der Waals surface area contributed by atoms with Crippen LogP contribution in [0.2, 0.25) is 0 Å². The van der Waals surface area contributed by atoms with Crippen LogP contribution >= 0.6 is 0 Å². The fourth-order valence-electron chi connectivity index (χ4n) is 3.31. The number of rotatable bonds is 7. The lowest BCUT2D eigenvalue weighted by Gasteiger charge is -2.11. The van der Waals surface area contributed by atoms with Crippen LogP contribution < -0.4 is 15.0 Å². The molecule has 3 aromatic carbocycles. The van der Waals surface area contributed by atoms with Crippen LogP contribution in [0.15, 0.2) is 102 Å². The zero-order valence-electron chi connectivity index (χ0n) is 17.0. The maximum Gasteiger partial charge on any atom is 0.266 e. The highest BCUT2D eigenvalue weighted by Gasteiger charge is 2.15. The monoisotopic (exact) mass is 411 g/mol. The Kier molecular flexibility index (Phi) is 5.94. The summed E-state index contributed by atoms with van der Waals surface area (Å²) in [5, 5.41) is 0. The van der Waals surface area contributed by atoms with Gasteiger partial charge >= 0.3 is 0 Å². The Labute approximate surface area is 180 Å². The highest BCUT2D eigenvalue weighted by molar-refractivity contribution is 5.97. The topological polar surface area (TPSA) is 57.5 Å². The molecule has 0 aliphatic rings. The molecule has 5 nitrogen and oxygen atoms in total. The maximum atomic E-state index is 13.0. The molecule has 5 heteroatoms. The number of nitrogens with zero attached hydrogens (tertiary/aromatic N) is 1. The molecule has 4 rings (SSSR count). The van der Waals surface area contributed by atoms with E-state index in [9.17, 15) is 9.59 Å². The number of carbonyl (C=O) groups excluding carboxylic acids is 1. The van der Waals surface area contributed by atoms with Crippen molar-refractivity contribution in [1.82, 2.24) is 4.57 Å². The number of Topliss-reactive ketones (excluding diaryl/α,β-unsaturated/α-hetero) is 1. The second-order valence-electron chi connectivity index (χ2n) is 6.93. The van der Waals surface area contributed by atoms with Crippen LogP contribution in [0.1, 0.15) is 15.9 Å². The molecule has 0 unspecified atom stereocenters. The molecule has 0 N–H and O–H groups in total. The van der Waals surface area contributed by atoms with Crippen LogP contribution in [0.4, 0.5) is 0 Å². The molecule has 154 valence electrons. The van der Waals surface area contributed by atoms with Crippen molar-refractivity contribution < 1.29 is 14.3 Å². The quantitative estimate of drug-likeness (QED) is 0.399. The first-order valence-corrected chi connectivity index (χ1v) is 9.86. The summed E-state index contributed by atoms with van der Waals surface area (Å²) >= 11 is 0. The van der Waals surface area contributed by atoms with Gasteiger partial charge in [0.1, 0.15) is 17.2 Å². The molecule has 4 aromatic rings. The first-order valence-electron chi connectivity index (χ1n) is 9.86. The minimum Gasteiger partial charge on any atom is -0.495 e. The van der Waals surface area contributed by atoms with Crippen molar-refractivity contribution >= 4 is 5.78 Å². The van der Waals surface area contributed by atoms with E-state index in [4.69, 9.17) is 9.47 Å². The predicted octanol–water partition coefficient (Wildman–Crippen LogP) is 5.06. The van der Waals surface area contributed by atoms with Gasteiger partial charge < -0.3 is 9.47 Å². The van der Waals surface area contributed by atoms with E-state index in [-0.39, 0.29) is 23.3 Å². The number of hydrogen-bond acceptors (Lipinski definition) is 4. The third kappa shape index (κ3) is 4.56. The molecule has 0 saturated carbocycles. The molecule has 0 atom stereocenters. The number of pyridine rings is 1. The SMILES string of the molecule is COc1ccccc1-n1cccc(C(=O)Cc2ccc(Oc3ccccc3)cc2)c1=O. The molecule has 31 heavy (non-hydrogen) atoms. The van der Waals surface area contributed by atoms with Crippen LogP contribution in [0.3, 0.4) is 0 Å². The maximum absolute atomic E-state index is 13.0. The lowest BCUT2D eigenvalue weighted by Crippen LogP contribution is -2.25. The van der Waals surface area contributed by atoms with Crippen molar-refractivity contribution in [1.29, 1.82) is 0 Å². The van der Waals surface area contributed by atoms with E-state index in [0.29, 0.717) is 17.2 Å². The number of ether oxygens (including phenoxy) is 2. The predicted molar refractivity (Wildman–Crippen MR) is 120 cm³/mol. The van der Waals surface area contributed by atoms with Gasteiger partial charge in [-0.3, -0.25) is 14.2 Å². The van der Waals surface area contributed by atoms with E-state index in [0.717, 1.165) is 11.3 Å². The lowest BCUT2D eigenvalue weighted by molar-refractivity contribution is 0.0991. The molecule has 1 aromatic heterocycles. The first kappa shape index (κ1) is 20.2.